The van der Waals surface area contributed by atoms with E-state index in [2.05, 4.69) is 25.6 Å². The zero-order valence-electron chi connectivity index (χ0n) is 19.1. The van der Waals surface area contributed by atoms with Crippen molar-refractivity contribution in [2.45, 2.75) is 24.8 Å². The minimum atomic E-state index is -3.76. The molecule has 2 heterocycles. The number of carbonyl (C=O) groups excluding carboxylic acids is 1. The molecular formula is C25H24N6O3S. The average Bonchev–Trinajstić information content (AvgIpc) is 2.84. The van der Waals surface area contributed by atoms with Crippen LogP contribution in [0.1, 0.15) is 34.5 Å². The van der Waals surface area contributed by atoms with Crippen LogP contribution in [-0.4, -0.2) is 29.3 Å². The topological polar surface area (TPSA) is 140 Å². The number of aromatic nitrogens is 3. The highest BCUT2D eigenvalue weighted by molar-refractivity contribution is 7.89. The quantitative estimate of drug-likeness (QED) is 0.358. The van der Waals surface area contributed by atoms with E-state index in [-0.39, 0.29) is 16.8 Å². The van der Waals surface area contributed by atoms with Gasteiger partial charge in [0, 0.05) is 23.6 Å². The van der Waals surface area contributed by atoms with E-state index >= 15 is 0 Å². The Hall–Kier alpha value is -4.15. The summed E-state index contributed by atoms with van der Waals surface area (Å²) in [6.07, 6.45) is 6.43. The summed E-state index contributed by atoms with van der Waals surface area (Å²) in [5, 5.41) is 11.4. The van der Waals surface area contributed by atoms with Gasteiger partial charge in [-0.05, 0) is 55.3 Å². The summed E-state index contributed by atoms with van der Waals surface area (Å²) in [6, 6.07) is 15.3. The van der Waals surface area contributed by atoms with Gasteiger partial charge in [-0.2, -0.15) is 0 Å². The summed E-state index contributed by atoms with van der Waals surface area (Å²) < 4.78 is 22.9. The number of carbonyl (C=O) groups is 1. The maximum Gasteiger partial charge on any atom is 0.257 e. The molecule has 0 unspecified atom stereocenters. The summed E-state index contributed by atoms with van der Waals surface area (Å²) in [6.45, 7) is 3.86. The Morgan fingerprint density at radius 1 is 0.971 bits per heavy atom. The Morgan fingerprint density at radius 2 is 1.71 bits per heavy atom. The molecule has 0 bridgehead atoms. The summed E-state index contributed by atoms with van der Waals surface area (Å²) in [4.78, 5) is 25.5. The number of pyridine rings is 1. The van der Waals surface area contributed by atoms with Gasteiger partial charge in [0.15, 0.2) is 0 Å². The van der Waals surface area contributed by atoms with Crippen molar-refractivity contribution in [3.05, 3.63) is 96.1 Å². The Kier molecular flexibility index (Phi) is 6.85. The van der Waals surface area contributed by atoms with E-state index in [0.29, 0.717) is 28.3 Å². The molecule has 10 heteroatoms. The average molecular weight is 489 g/mol. The fraction of sp³-hybridized carbons (Fsp3) is 0.120. The van der Waals surface area contributed by atoms with Gasteiger partial charge < -0.3 is 10.6 Å². The Bertz CT molecular complexity index is 1470. The maximum absolute atomic E-state index is 12.6. The number of nitrogens with two attached hydrogens (primary N) is 1. The number of nitrogens with one attached hydrogen (secondary N) is 2. The van der Waals surface area contributed by atoms with E-state index in [4.69, 9.17) is 5.14 Å². The molecule has 0 aliphatic heterocycles. The molecule has 4 aromatic rings. The molecule has 1 amide bonds. The molecule has 0 saturated heterocycles. The van der Waals surface area contributed by atoms with Crippen molar-refractivity contribution in [3.8, 4) is 11.3 Å². The van der Waals surface area contributed by atoms with Gasteiger partial charge in [0.1, 0.15) is 5.82 Å². The number of rotatable bonds is 7. The van der Waals surface area contributed by atoms with E-state index < -0.39 is 10.0 Å². The Balaban J connectivity index is 1.47. The molecule has 0 fully saturated rings. The number of aryl methyl sites for hydroxylation is 1. The SMILES string of the molecule is Cc1cncc(C(=O)Nc2cccc([C@H](C)Nc3cncc(-c4ccc(S(N)(=O)=O)cc4)n3)c2)c1. The molecule has 178 valence electrons. The van der Waals surface area contributed by atoms with E-state index in [1.807, 2.05) is 38.1 Å². The number of amides is 1. The van der Waals surface area contributed by atoms with Gasteiger partial charge in [0.25, 0.3) is 5.91 Å². The third kappa shape index (κ3) is 6.05. The first-order valence-corrected chi connectivity index (χ1v) is 12.3. The van der Waals surface area contributed by atoms with Crippen LogP contribution in [-0.2, 0) is 10.0 Å². The molecular weight excluding hydrogens is 464 g/mol. The normalized spacial score (nSPS) is 12.1. The zero-order valence-corrected chi connectivity index (χ0v) is 20.0. The van der Waals surface area contributed by atoms with Crippen LogP contribution >= 0.6 is 0 Å². The van der Waals surface area contributed by atoms with Crippen LogP contribution in [0.2, 0.25) is 0 Å². The number of hydrogen-bond acceptors (Lipinski definition) is 7. The van der Waals surface area contributed by atoms with Crippen molar-refractivity contribution in [3.63, 3.8) is 0 Å². The smallest absolute Gasteiger partial charge is 0.257 e. The molecule has 0 aliphatic carbocycles. The van der Waals surface area contributed by atoms with Gasteiger partial charge in [-0.25, -0.2) is 18.5 Å². The predicted molar refractivity (Wildman–Crippen MR) is 134 cm³/mol. The third-order valence-electron chi connectivity index (χ3n) is 5.26. The summed E-state index contributed by atoms with van der Waals surface area (Å²) in [5.41, 5.74) is 4.29. The van der Waals surface area contributed by atoms with E-state index in [1.165, 1.54) is 18.3 Å². The zero-order chi connectivity index (χ0) is 25.0. The molecule has 0 saturated carbocycles. The summed E-state index contributed by atoms with van der Waals surface area (Å²) in [5.74, 6) is 0.316. The molecule has 0 radical (unpaired) electrons. The largest absolute Gasteiger partial charge is 0.362 e. The van der Waals surface area contributed by atoms with Gasteiger partial charge in [-0.1, -0.05) is 24.3 Å². The molecule has 0 spiro atoms. The summed E-state index contributed by atoms with van der Waals surface area (Å²) in [7, 11) is -3.76. The van der Waals surface area contributed by atoms with Crippen LogP contribution in [0, 0.1) is 6.92 Å². The minimum Gasteiger partial charge on any atom is -0.362 e. The lowest BCUT2D eigenvalue weighted by Gasteiger charge is -2.16. The lowest BCUT2D eigenvalue weighted by atomic mass is 10.1. The van der Waals surface area contributed by atoms with Crippen molar-refractivity contribution in [1.82, 2.24) is 15.0 Å². The van der Waals surface area contributed by atoms with Crippen molar-refractivity contribution >= 4 is 27.4 Å². The Morgan fingerprint density at radius 3 is 2.43 bits per heavy atom. The van der Waals surface area contributed by atoms with Crippen LogP contribution in [0.25, 0.3) is 11.3 Å². The van der Waals surface area contributed by atoms with Crippen LogP contribution in [0.5, 0.6) is 0 Å². The number of nitrogens with zero attached hydrogens (tertiary/aromatic N) is 3. The fourth-order valence-corrected chi connectivity index (χ4v) is 3.98. The first kappa shape index (κ1) is 24.0. The number of hydrogen-bond donors (Lipinski definition) is 3. The molecule has 2 aromatic heterocycles. The standard InChI is InChI=1S/C25H24N6O3S/c1-16-10-20(13-27-12-16)25(32)30-21-5-3-4-19(11-21)17(2)29-24-15-28-14-23(31-24)18-6-8-22(9-7-18)35(26,33)34/h3-15,17H,1-2H3,(H,29,31)(H,30,32)(H2,26,33,34)/t17-/m0/s1. The molecule has 1 atom stereocenters. The second kappa shape index (κ2) is 10.00. The van der Waals surface area contributed by atoms with E-state index in [1.54, 1.807) is 36.8 Å². The van der Waals surface area contributed by atoms with Crippen molar-refractivity contribution in [2.24, 2.45) is 5.14 Å². The highest BCUT2D eigenvalue weighted by Gasteiger charge is 2.12. The van der Waals surface area contributed by atoms with Crippen LogP contribution in [0.15, 0.2) is 84.3 Å². The van der Waals surface area contributed by atoms with Crippen molar-refractivity contribution in [2.75, 3.05) is 10.6 Å². The molecule has 35 heavy (non-hydrogen) atoms. The second-order valence-electron chi connectivity index (χ2n) is 8.06. The van der Waals surface area contributed by atoms with Crippen LogP contribution in [0.3, 0.4) is 0 Å². The predicted octanol–water partition coefficient (Wildman–Crippen LogP) is 3.92. The molecule has 2 aromatic carbocycles. The minimum absolute atomic E-state index is 0.0303. The monoisotopic (exact) mass is 488 g/mol. The van der Waals surface area contributed by atoms with Gasteiger partial charge in [-0.15, -0.1) is 0 Å². The van der Waals surface area contributed by atoms with E-state index in [0.717, 1.165) is 11.1 Å². The Labute approximate surface area is 203 Å². The van der Waals surface area contributed by atoms with Crippen LogP contribution in [0.4, 0.5) is 11.5 Å². The maximum atomic E-state index is 12.6. The van der Waals surface area contributed by atoms with Gasteiger partial charge in [-0.3, -0.25) is 14.8 Å². The van der Waals surface area contributed by atoms with E-state index in [9.17, 15) is 13.2 Å². The highest BCUT2D eigenvalue weighted by Crippen LogP contribution is 2.24. The summed E-state index contributed by atoms with van der Waals surface area (Å²) >= 11 is 0. The van der Waals surface area contributed by atoms with Crippen molar-refractivity contribution in [1.29, 1.82) is 0 Å². The third-order valence-corrected chi connectivity index (χ3v) is 6.19. The fourth-order valence-electron chi connectivity index (χ4n) is 3.46. The second-order valence-corrected chi connectivity index (χ2v) is 9.62. The number of benzene rings is 2. The lowest BCUT2D eigenvalue weighted by Crippen LogP contribution is -2.13. The molecule has 0 aliphatic rings. The first-order valence-electron chi connectivity index (χ1n) is 10.7. The molecule has 4 rings (SSSR count). The first-order chi connectivity index (χ1) is 16.7. The molecule has 9 nitrogen and oxygen atoms in total. The number of primary sulfonamides is 1. The van der Waals surface area contributed by atoms with Gasteiger partial charge >= 0.3 is 0 Å². The highest BCUT2D eigenvalue weighted by atomic mass is 32.2. The number of anilines is 2. The van der Waals surface area contributed by atoms with Crippen molar-refractivity contribution < 1.29 is 13.2 Å². The van der Waals surface area contributed by atoms with Gasteiger partial charge in [0.2, 0.25) is 10.0 Å². The van der Waals surface area contributed by atoms with Gasteiger partial charge in [0.05, 0.1) is 34.6 Å². The lowest BCUT2D eigenvalue weighted by molar-refractivity contribution is 0.102. The molecule has 4 N–H and O–H groups in total. The van der Waals surface area contributed by atoms with Crippen LogP contribution < -0.4 is 15.8 Å². The number of sulfonamides is 1.